The molecule has 0 unspecified atom stereocenters. The molecule has 1 atom stereocenters. The standard InChI is InChI=1S/C16H24N2O4/c1-10(2)17-15(20)9-18-7-11-13(21-3)5-6-14(22-4)16(11)12(19)8-18/h5-6,10,12,19H,7-9H2,1-4H3,(H,17,20)/t12-/m0/s1. The Hall–Kier alpha value is -1.79. The van der Waals surface area contributed by atoms with E-state index in [1.165, 1.54) is 0 Å². The number of nitrogens with one attached hydrogen (secondary N) is 1. The summed E-state index contributed by atoms with van der Waals surface area (Å²) < 4.78 is 10.7. The topological polar surface area (TPSA) is 71.0 Å². The van der Waals surface area contributed by atoms with Gasteiger partial charge in [0.1, 0.15) is 11.5 Å². The number of carbonyl (C=O) groups is 1. The summed E-state index contributed by atoms with van der Waals surface area (Å²) in [5.74, 6) is 1.30. The van der Waals surface area contributed by atoms with E-state index in [4.69, 9.17) is 9.47 Å². The fourth-order valence-corrected chi connectivity index (χ4v) is 2.84. The number of benzene rings is 1. The van der Waals surface area contributed by atoms with Gasteiger partial charge < -0.3 is 19.9 Å². The zero-order valence-electron chi connectivity index (χ0n) is 13.5. The van der Waals surface area contributed by atoms with Gasteiger partial charge in [-0.05, 0) is 26.0 Å². The Morgan fingerprint density at radius 3 is 2.59 bits per heavy atom. The molecule has 6 heteroatoms. The third kappa shape index (κ3) is 3.51. The molecule has 1 heterocycles. The minimum absolute atomic E-state index is 0.0486. The number of hydrogen-bond donors (Lipinski definition) is 2. The molecule has 0 aromatic heterocycles. The maximum absolute atomic E-state index is 11.9. The van der Waals surface area contributed by atoms with E-state index < -0.39 is 6.10 Å². The van der Waals surface area contributed by atoms with Gasteiger partial charge in [0, 0.05) is 30.3 Å². The van der Waals surface area contributed by atoms with Crippen LogP contribution in [0.15, 0.2) is 12.1 Å². The Kier molecular flexibility index (Phi) is 5.26. The van der Waals surface area contributed by atoms with Crippen molar-refractivity contribution in [3.63, 3.8) is 0 Å². The number of fused-ring (bicyclic) bond motifs is 1. The number of nitrogens with zero attached hydrogens (tertiary/aromatic N) is 1. The Labute approximate surface area is 131 Å². The molecule has 1 aliphatic heterocycles. The molecule has 2 N–H and O–H groups in total. The minimum atomic E-state index is -0.708. The number of β-amino-alcohol motifs (C(OH)–C–C–N with tert-alkyl or cyclic N) is 1. The number of ether oxygens (including phenoxy) is 2. The van der Waals surface area contributed by atoms with Gasteiger partial charge in [-0.2, -0.15) is 0 Å². The zero-order valence-corrected chi connectivity index (χ0v) is 13.5. The van der Waals surface area contributed by atoms with Crippen LogP contribution in [0.3, 0.4) is 0 Å². The first-order chi connectivity index (χ1) is 10.5. The third-order valence-electron chi connectivity index (χ3n) is 3.68. The predicted molar refractivity (Wildman–Crippen MR) is 83.1 cm³/mol. The summed E-state index contributed by atoms with van der Waals surface area (Å²) in [6.45, 7) is 5.02. The summed E-state index contributed by atoms with van der Waals surface area (Å²) in [7, 11) is 3.18. The summed E-state index contributed by atoms with van der Waals surface area (Å²) >= 11 is 0. The van der Waals surface area contributed by atoms with Crippen LogP contribution < -0.4 is 14.8 Å². The summed E-state index contributed by atoms with van der Waals surface area (Å²) in [6, 6.07) is 3.72. The molecule has 1 amide bonds. The molecule has 1 aromatic carbocycles. The van der Waals surface area contributed by atoms with Gasteiger partial charge in [-0.1, -0.05) is 0 Å². The lowest BCUT2D eigenvalue weighted by Crippen LogP contribution is -2.43. The van der Waals surface area contributed by atoms with Gasteiger partial charge in [0.25, 0.3) is 0 Å². The number of hydrogen-bond acceptors (Lipinski definition) is 5. The SMILES string of the molecule is COc1ccc(OC)c2c1CN(CC(=O)NC(C)C)C[C@@H]2O. The maximum Gasteiger partial charge on any atom is 0.234 e. The molecule has 0 fully saturated rings. The first-order valence-corrected chi connectivity index (χ1v) is 7.39. The van der Waals surface area contributed by atoms with Crippen molar-refractivity contribution in [3.8, 4) is 11.5 Å². The highest BCUT2D eigenvalue weighted by Crippen LogP contribution is 2.39. The first kappa shape index (κ1) is 16.6. The van der Waals surface area contributed by atoms with Gasteiger partial charge in [0.05, 0.1) is 26.9 Å². The molecule has 6 nitrogen and oxygen atoms in total. The van der Waals surface area contributed by atoms with Crippen LogP contribution >= 0.6 is 0 Å². The van der Waals surface area contributed by atoms with Gasteiger partial charge in [0.15, 0.2) is 0 Å². The summed E-state index contributed by atoms with van der Waals surface area (Å²) in [6.07, 6.45) is -0.708. The number of aliphatic hydroxyl groups is 1. The molecule has 1 aromatic rings. The number of aliphatic hydroxyl groups excluding tert-OH is 1. The predicted octanol–water partition coefficient (Wildman–Crippen LogP) is 1.08. The Morgan fingerprint density at radius 2 is 2.00 bits per heavy atom. The van der Waals surface area contributed by atoms with Crippen molar-refractivity contribution < 1.29 is 19.4 Å². The van der Waals surface area contributed by atoms with Crippen molar-refractivity contribution in [1.29, 1.82) is 0 Å². The van der Waals surface area contributed by atoms with Gasteiger partial charge in [-0.15, -0.1) is 0 Å². The van der Waals surface area contributed by atoms with Crippen molar-refractivity contribution in [2.45, 2.75) is 32.5 Å². The van der Waals surface area contributed by atoms with E-state index in [-0.39, 0.29) is 18.5 Å². The quantitative estimate of drug-likeness (QED) is 0.852. The zero-order chi connectivity index (χ0) is 16.3. The van der Waals surface area contributed by atoms with Gasteiger partial charge in [0.2, 0.25) is 5.91 Å². The molecule has 2 rings (SSSR count). The number of carbonyl (C=O) groups excluding carboxylic acids is 1. The summed E-state index contributed by atoms with van der Waals surface area (Å²) in [4.78, 5) is 13.8. The van der Waals surface area contributed by atoms with Crippen molar-refractivity contribution in [1.82, 2.24) is 10.2 Å². The van der Waals surface area contributed by atoms with Gasteiger partial charge in [-0.25, -0.2) is 0 Å². The van der Waals surface area contributed by atoms with Crippen LogP contribution in [0.25, 0.3) is 0 Å². The van der Waals surface area contributed by atoms with E-state index in [1.54, 1.807) is 20.3 Å². The summed E-state index contributed by atoms with van der Waals surface area (Å²) in [5, 5.41) is 13.3. The third-order valence-corrected chi connectivity index (χ3v) is 3.68. The average molecular weight is 308 g/mol. The van der Waals surface area contributed by atoms with E-state index in [2.05, 4.69) is 5.32 Å². The Bertz CT molecular complexity index is 545. The molecule has 0 saturated heterocycles. The molecule has 0 radical (unpaired) electrons. The van der Waals surface area contributed by atoms with Crippen LogP contribution in [0, 0.1) is 0 Å². The lowest BCUT2D eigenvalue weighted by molar-refractivity contribution is -0.123. The number of amides is 1. The van der Waals surface area contributed by atoms with E-state index in [0.29, 0.717) is 24.6 Å². The lowest BCUT2D eigenvalue weighted by atomic mass is 9.95. The van der Waals surface area contributed by atoms with Crippen molar-refractivity contribution in [2.24, 2.45) is 0 Å². The van der Waals surface area contributed by atoms with Crippen LogP contribution in [0.4, 0.5) is 0 Å². The average Bonchev–Trinajstić information content (AvgIpc) is 2.45. The fourth-order valence-electron chi connectivity index (χ4n) is 2.84. The second-order valence-electron chi connectivity index (χ2n) is 5.77. The highest BCUT2D eigenvalue weighted by Gasteiger charge is 2.30. The van der Waals surface area contributed by atoms with Crippen molar-refractivity contribution in [2.75, 3.05) is 27.3 Å². The van der Waals surface area contributed by atoms with E-state index in [0.717, 1.165) is 11.1 Å². The molecule has 0 saturated carbocycles. The van der Waals surface area contributed by atoms with E-state index >= 15 is 0 Å². The largest absolute Gasteiger partial charge is 0.496 e. The van der Waals surface area contributed by atoms with Crippen LogP contribution in [-0.2, 0) is 11.3 Å². The first-order valence-electron chi connectivity index (χ1n) is 7.39. The highest BCUT2D eigenvalue weighted by atomic mass is 16.5. The molecule has 0 bridgehead atoms. The minimum Gasteiger partial charge on any atom is -0.496 e. The molecule has 1 aliphatic rings. The molecule has 22 heavy (non-hydrogen) atoms. The Balaban J connectivity index is 2.23. The van der Waals surface area contributed by atoms with Crippen molar-refractivity contribution in [3.05, 3.63) is 23.3 Å². The van der Waals surface area contributed by atoms with E-state index in [1.807, 2.05) is 24.8 Å². The van der Waals surface area contributed by atoms with Crippen LogP contribution in [0.2, 0.25) is 0 Å². The van der Waals surface area contributed by atoms with E-state index in [9.17, 15) is 9.90 Å². The Morgan fingerprint density at radius 1 is 1.36 bits per heavy atom. The lowest BCUT2D eigenvalue weighted by Gasteiger charge is -2.33. The molecule has 122 valence electrons. The normalized spacial score (nSPS) is 18.0. The van der Waals surface area contributed by atoms with Crippen LogP contribution in [-0.4, -0.2) is 49.3 Å². The van der Waals surface area contributed by atoms with Gasteiger partial charge in [-0.3, -0.25) is 9.69 Å². The fraction of sp³-hybridized carbons (Fsp3) is 0.562. The van der Waals surface area contributed by atoms with Crippen LogP contribution in [0.1, 0.15) is 31.1 Å². The van der Waals surface area contributed by atoms with Crippen molar-refractivity contribution >= 4 is 5.91 Å². The molecule has 0 aliphatic carbocycles. The van der Waals surface area contributed by atoms with Crippen LogP contribution in [0.5, 0.6) is 11.5 Å². The maximum atomic E-state index is 11.9. The second-order valence-corrected chi connectivity index (χ2v) is 5.77. The highest BCUT2D eigenvalue weighted by molar-refractivity contribution is 5.78. The smallest absolute Gasteiger partial charge is 0.234 e. The number of rotatable bonds is 5. The van der Waals surface area contributed by atoms with Gasteiger partial charge >= 0.3 is 0 Å². The number of methoxy groups -OCH3 is 2. The summed E-state index contributed by atoms with van der Waals surface area (Å²) in [5.41, 5.74) is 1.63. The molecular weight excluding hydrogens is 284 g/mol. The second kappa shape index (κ2) is 6.98. The molecular formula is C16H24N2O4. The molecule has 0 spiro atoms. The monoisotopic (exact) mass is 308 g/mol.